The van der Waals surface area contributed by atoms with Crippen LogP contribution in [0, 0.1) is 0 Å². The zero-order valence-corrected chi connectivity index (χ0v) is 12.9. The summed E-state index contributed by atoms with van der Waals surface area (Å²) >= 11 is 1.71. The highest BCUT2D eigenvalue weighted by atomic mass is 35.5. The SMILES string of the molecule is CC(C)(N)CNC(=O)C1SCCc2ccccc21.Cl. The van der Waals surface area contributed by atoms with E-state index in [1.807, 2.05) is 26.0 Å². The highest BCUT2D eigenvalue weighted by Crippen LogP contribution is 2.36. The fraction of sp³-hybridized carbons (Fsp3) is 0.500. The second-order valence-electron chi connectivity index (χ2n) is 5.41. The molecule has 19 heavy (non-hydrogen) atoms. The lowest BCUT2D eigenvalue weighted by Gasteiger charge is -2.26. The van der Waals surface area contributed by atoms with E-state index in [-0.39, 0.29) is 29.1 Å². The molecule has 0 aliphatic carbocycles. The van der Waals surface area contributed by atoms with E-state index in [4.69, 9.17) is 5.73 Å². The molecule has 1 aromatic rings. The van der Waals surface area contributed by atoms with Crippen LogP contribution in [0.2, 0.25) is 0 Å². The number of nitrogens with one attached hydrogen (secondary N) is 1. The van der Waals surface area contributed by atoms with Crippen molar-refractivity contribution in [1.82, 2.24) is 5.32 Å². The minimum atomic E-state index is -0.367. The van der Waals surface area contributed by atoms with Gasteiger partial charge in [0.15, 0.2) is 0 Å². The van der Waals surface area contributed by atoms with Gasteiger partial charge in [-0.25, -0.2) is 0 Å². The summed E-state index contributed by atoms with van der Waals surface area (Å²) in [6.45, 7) is 4.33. The monoisotopic (exact) mass is 300 g/mol. The van der Waals surface area contributed by atoms with Gasteiger partial charge in [-0.2, -0.15) is 0 Å². The fourth-order valence-corrected chi connectivity index (χ4v) is 3.24. The van der Waals surface area contributed by atoms with E-state index in [9.17, 15) is 4.79 Å². The van der Waals surface area contributed by atoms with Gasteiger partial charge in [0.2, 0.25) is 5.91 Å². The van der Waals surface area contributed by atoms with Gasteiger partial charge in [0.05, 0.1) is 0 Å². The molecule has 1 aliphatic rings. The van der Waals surface area contributed by atoms with Crippen molar-refractivity contribution in [3.8, 4) is 0 Å². The second kappa shape index (κ2) is 6.64. The Bertz CT molecular complexity index is 445. The number of hydrogen-bond donors (Lipinski definition) is 2. The first-order valence-electron chi connectivity index (χ1n) is 6.23. The Morgan fingerprint density at radius 1 is 1.47 bits per heavy atom. The molecule has 0 fully saturated rings. The summed E-state index contributed by atoms with van der Waals surface area (Å²) in [5, 5.41) is 2.86. The summed E-state index contributed by atoms with van der Waals surface area (Å²) in [4.78, 5) is 12.2. The third kappa shape index (κ3) is 4.41. The molecule has 1 unspecified atom stereocenters. The number of benzene rings is 1. The minimum absolute atomic E-state index is 0. The number of thioether (sulfide) groups is 1. The molecular weight excluding hydrogens is 280 g/mol. The van der Waals surface area contributed by atoms with Crippen molar-refractivity contribution in [2.75, 3.05) is 12.3 Å². The maximum Gasteiger partial charge on any atom is 0.237 e. The topological polar surface area (TPSA) is 55.1 Å². The highest BCUT2D eigenvalue weighted by molar-refractivity contribution is 8.00. The molecule has 1 aromatic carbocycles. The lowest BCUT2D eigenvalue weighted by molar-refractivity contribution is -0.120. The summed E-state index contributed by atoms with van der Waals surface area (Å²) < 4.78 is 0. The number of aryl methyl sites for hydroxylation is 1. The van der Waals surface area contributed by atoms with Gasteiger partial charge in [-0.3, -0.25) is 4.79 Å². The Morgan fingerprint density at radius 2 is 2.16 bits per heavy atom. The number of rotatable bonds is 3. The molecule has 5 heteroatoms. The van der Waals surface area contributed by atoms with Gasteiger partial charge in [0.1, 0.15) is 5.25 Å². The van der Waals surface area contributed by atoms with E-state index in [0.717, 1.165) is 17.7 Å². The molecule has 0 saturated carbocycles. The lowest BCUT2D eigenvalue weighted by atomic mass is 10.0. The standard InChI is InChI=1S/C14H20N2OS.ClH/c1-14(2,15)9-16-13(17)12-11-6-4-3-5-10(11)7-8-18-12;/h3-6,12H,7-9,15H2,1-2H3,(H,16,17);1H. The predicted molar refractivity (Wildman–Crippen MR) is 83.9 cm³/mol. The number of amides is 1. The molecule has 0 radical (unpaired) electrons. The van der Waals surface area contributed by atoms with Gasteiger partial charge in [0.25, 0.3) is 0 Å². The van der Waals surface area contributed by atoms with Crippen molar-refractivity contribution in [3.63, 3.8) is 0 Å². The van der Waals surface area contributed by atoms with Gasteiger partial charge in [-0.15, -0.1) is 24.2 Å². The van der Waals surface area contributed by atoms with Crippen molar-refractivity contribution in [2.45, 2.75) is 31.1 Å². The third-order valence-corrected chi connectivity index (χ3v) is 4.19. The van der Waals surface area contributed by atoms with E-state index < -0.39 is 0 Å². The largest absolute Gasteiger partial charge is 0.353 e. The molecule has 3 N–H and O–H groups in total. The van der Waals surface area contributed by atoms with E-state index in [2.05, 4.69) is 17.4 Å². The van der Waals surface area contributed by atoms with Crippen molar-refractivity contribution in [2.24, 2.45) is 5.73 Å². The Balaban J connectivity index is 0.00000180. The molecule has 1 atom stereocenters. The zero-order valence-electron chi connectivity index (χ0n) is 11.3. The maximum absolute atomic E-state index is 12.2. The van der Waals surface area contributed by atoms with Crippen molar-refractivity contribution in [1.29, 1.82) is 0 Å². The number of halogens is 1. The summed E-state index contributed by atoms with van der Waals surface area (Å²) in [6, 6.07) is 8.20. The van der Waals surface area contributed by atoms with Crippen LogP contribution in [-0.2, 0) is 11.2 Å². The van der Waals surface area contributed by atoms with Gasteiger partial charge in [-0.05, 0) is 37.1 Å². The normalized spacial score (nSPS) is 18.2. The Morgan fingerprint density at radius 3 is 2.84 bits per heavy atom. The van der Waals surface area contributed by atoms with Crippen LogP contribution in [0.1, 0.15) is 30.2 Å². The highest BCUT2D eigenvalue weighted by Gasteiger charge is 2.27. The Labute approximate surface area is 125 Å². The maximum atomic E-state index is 12.2. The van der Waals surface area contributed by atoms with Gasteiger partial charge < -0.3 is 11.1 Å². The average molecular weight is 301 g/mol. The molecule has 0 bridgehead atoms. The summed E-state index contributed by atoms with van der Waals surface area (Å²) in [5.74, 6) is 1.08. The third-order valence-electron chi connectivity index (χ3n) is 2.95. The molecule has 0 saturated heterocycles. The van der Waals surface area contributed by atoms with Crippen LogP contribution >= 0.6 is 24.2 Å². The second-order valence-corrected chi connectivity index (χ2v) is 6.62. The van der Waals surface area contributed by atoms with Crippen LogP contribution in [0.5, 0.6) is 0 Å². The van der Waals surface area contributed by atoms with E-state index >= 15 is 0 Å². The van der Waals surface area contributed by atoms with Crippen LogP contribution < -0.4 is 11.1 Å². The number of carbonyl (C=O) groups excluding carboxylic acids is 1. The van der Waals surface area contributed by atoms with Crippen molar-refractivity contribution < 1.29 is 4.79 Å². The van der Waals surface area contributed by atoms with Crippen LogP contribution in [0.15, 0.2) is 24.3 Å². The quantitative estimate of drug-likeness (QED) is 0.900. The first-order valence-corrected chi connectivity index (χ1v) is 7.28. The number of fused-ring (bicyclic) bond motifs is 1. The molecule has 106 valence electrons. The average Bonchev–Trinajstić information content (AvgIpc) is 2.34. The molecule has 2 rings (SSSR count). The van der Waals surface area contributed by atoms with Gasteiger partial charge in [-0.1, -0.05) is 24.3 Å². The van der Waals surface area contributed by atoms with E-state index in [0.29, 0.717) is 6.54 Å². The summed E-state index contributed by atoms with van der Waals surface area (Å²) in [5.41, 5.74) is 7.97. The Kier molecular flexibility index (Phi) is 5.71. The van der Waals surface area contributed by atoms with E-state index in [1.165, 1.54) is 5.56 Å². The first-order chi connectivity index (χ1) is 8.47. The Hall–Kier alpha value is -0.710. The van der Waals surface area contributed by atoms with Crippen LogP contribution in [0.25, 0.3) is 0 Å². The fourth-order valence-electron chi connectivity index (χ4n) is 2.02. The predicted octanol–water partition coefficient (Wildman–Crippen LogP) is 2.29. The molecule has 0 spiro atoms. The van der Waals surface area contributed by atoms with E-state index in [1.54, 1.807) is 11.8 Å². The van der Waals surface area contributed by atoms with Gasteiger partial charge in [0, 0.05) is 12.1 Å². The lowest BCUT2D eigenvalue weighted by Crippen LogP contribution is -2.46. The zero-order chi connectivity index (χ0) is 13.2. The number of hydrogen-bond acceptors (Lipinski definition) is 3. The first kappa shape index (κ1) is 16.3. The molecule has 1 aliphatic heterocycles. The minimum Gasteiger partial charge on any atom is -0.353 e. The summed E-state index contributed by atoms with van der Waals surface area (Å²) in [6.07, 6.45) is 1.05. The number of carbonyl (C=O) groups is 1. The van der Waals surface area contributed by atoms with Gasteiger partial charge >= 0.3 is 0 Å². The van der Waals surface area contributed by atoms with Crippen LogP contribution in [0.3, 0.4) is 0 Å². The molecule has 0 aromatic heterocycles. The van der Waals surface area contributed by atoms with Crippen LogP contribution in [0.4, 0.5) is 0 Å². The number of nitrogens with two attached hydrogens (primary N) is 1. The molecule has 1 heterocycles. The van der Waals surface area contributed by atoms with Crippen molar-refractivity contribution >= 4 is 30.1 Å². The van der Waals surface area contributed by atoms with Crippen molar-refractivity contribution in [3.05, 3.63) is 35.4 Å². The molecule has 3 nitrogen and oxygen atoms in total. The molecular formula is C14H21ClN2OS. The molecule has 1 amide bonds. The summed E-state index contributed by atoms with van der Waals surface area (Å²) in [7, 11) is 0. The van der Waals surface area contributed by atoms with Crippen LogP contribution in [-0.4, -0.2) is 23.7 Å². The smallest absolute Gasteiger partial charge is 0.237 e.